The average molecular weight is 164 g/mol. The van der Waals surface area contributed by atoms with Gasteiger partial charge >= 0.3 is 0 Å². The lowest BCUT2D eigenvalue weighted by Gasteiger charge is -2.09. The number of ether oxygens (including phenoxy) is 1. The first-order chi connectivity index (χ1) is 5.66. The molecule has 0 heterocycles. The molecule has 2 heteroatoms. The van der Waals surface area contributed by atoms with E-state index in [4.69, 9.17) is 4.74 Å². The van der Waals surface area contributed by atoms with E-state index in [0.29, 0.717) is 11.3 Å². The summed E-state index contributed by atoms with van der Waals surface area (Å²) in [5.41, 5.74) is 1.64. The van der Waals surface area contributed by atoms with E-state index in [1.165, 1.54) is 0 Å². The molecule has 0 saturated heterocycles. The maximum atomic E-state index is 9.19. The van der Waals surface area contributed by atoms with E-state index in [1.54, 1.807) is 13.2 Å². The largest absolute Gasteiger partial charge is 0.508 e. The molecule has 1 rings (SSSR count). The van der Waals surface area contributed by atoms with Gasteiger partial charge in [-0.15, -0.1) is 0 Å². The van der Waals surface area contributed by atoms with E-state index < -0.39 is 0 Å². The van der Waals surface area contributed by atoms with Crippen molar-refractivity contribution in [3.05, 3.63) is 35.9 Å². The van der Waals surface area contributed by atoms with Crippen LogP contribution in [0.4, 0.5) is 0 Å². The molecule has 0 aliphatic carbocycles. The molecule has 0 aliphatic heterocycles. The first-order valence-electron chi connectivity index (χ1n) is 3.68. The van der Waals surface area contributed by atoms with E-state index in [-0.39, 0.29) is 5.76 Å². The van der Waals surface area contributed by atoms with Gasteiger partial charge in [0, 0.05) is 0 Å². The summed E-state index contributed by atoms with van der Waals surface area (Å²) in [6.07, 6.45) is 0. The molecule has 0 aliphatic rings. The van der Waals surface area contributed by atoms with Crippen LogP contribution in [0.15, 0.2) is 24.8 Å². The summed E-state index contributed by atoms with van der Waals surface area (Å²) in [6.45, 7) is 5.37. The van der Waals surface area contributed by atoms with Gasteiger partial charge in [0.2, 0.25) is 0 Å². The van der Waals surface area contributed by atoms with Crippen LogP contribution in [-0.2, 0) is 0 Å². The molecule has 0 fully saturated rings. The summed E-state index contributed by atoms with van der Waals surface area (Å²) in [5.74, 6) is 0.723. The number of hydrogen-bond acceptors (Lipinski definition) is 2. The Balaban J connectivity index is 3.27. The van der Waals surface area contributed by atoms with Gasteiger partial charge in [-0.25, -0.2) is 0 Å². The first-order valence-corrected chi connectivity index (χ1v) is 3.68. The van der Waals surface area contributed by atoms with Crippen LogP contribution >= 0.6 is 0 Å². The zero-order chi connectivity index (χ0) is 9.14. The number of para-hydroxylation sites is 1. The number of hydrogen-bond donors (Lipinski definition) is 1. The SMILES string of the molecule is C=C(O)c1cccc(C)c1OC. The molecule has 0 atom stereocenters. The minimum atomic E-state index is 0.0375. The van der Waals surface area contributed by atoms with Crippen LogP contribution in [0.3, 0.4) is 0 Å². The third-order valence-corrected chi connectivity index (χ3v) is 1.73. The Kier molecular flexibility index (Phi) is 2.38. The fourth-order valence-electron chi connectivity index (χ4n) is 1.15. The Bertz CT molecular complexity index is 303. The summed E-state index contributed by atoms with van der Waals surface area (Å²) in [5, 5.41) is 9.19. The van der Waals surface area contributed by atoms with E-state index in [0.717, 1.165) is 5.56 Å². The zero-order valence-corrected chi connectivity index (χ0v) is 7.29. The molecular formula is C10H12O2. The smallest absolute Gasteiger partial charge is 0.132 e. The molecule has 0 saturated carbocycles. The van der Waals surface area contributed by atoms with Crippen molar-refractivity contribution in [3.8, 4) is 5.75 Å². The second-order valence-electron chi connectivity index (χ2n) is 2.60. The second kappa shape index (κ2) is 3.30. The van der Waals surface area contributed by atoms with Gasteiger partial charge in [0.1, 0.15) is 11.5 Å². The summed E-state index contributed by atoms with van der Waals surface area (Å²) in [7, 11) is 1.58. The third kappa shape index (κ3) is 1.42. The molecule has 0 amide bonds. The topological polar surface area (TPSA) is 29.5 Å². The number of benzene rings is 1. The van der Waals surface area contributed by atoms with Gasteiger partial charge < -0.3 is 9.84 Å². The molecule has 0 spiro atoms. The highest BCUT2D eigenvalue weighted by Crippen LogP contribution is 2.26. The highest BCUT2D eigenvalue weighted by molar-refractivity contribution is 5.64. The lowest BCUT2D eigenvalue weighted by atomic mass is 10.1. The lowest BCUT2D eigenvalue weighted by Crippen LogP contribution is -1.92. The van der Waals surface area contributed by atoms with E-state index in [9.17, 15) is 5.11 Å². The van der Waals surface area contributed by atoms with Crippen molar-refractivity contribution in [2.24, 2.45) is 0 Å². The third-order valence-electron chi connectivity index (χ3n) is 1.73. The molecule has 0 unspecified atom stereocenters. The van der Waals surface area contributed by atoms with Crippen molar-refractivity contribution >= 4 is 5.76 Å². The average Bonchev–Trinajstić information content (AvgIpc) is 2.03. The molecule has 0 aromatic heterocycles. The lowest BCUT2D eigenvalue weighted by molar-refractivity contribution is 0.405. The van der Waals surface area contributed by atoms with Crippen LogP contribution < -0.4 is 4.74 Å². The van der Waals surface area contributed by atoms with Crippen molar-refractivity contribution in [1.82, 2.24) is 0 Å². The van der Waals surface area contributed by atoms with Crippen LogP contribution in [0.5, 0.6) is 5.75 Å². The van der Waals surface area contributed by atoms with Crippen LogP contribution in [0, 0.1) is 6.92 Å². The Hall–Kier alpha value is -1.44. The van der Waals surface area contributed by atoms with Crippen LogP contribution in [-0.4, -0.2) is 12.2 Å². The maximum absolute atomic E-state index is 9.19. The van der Waals surface area contributed by atoms with Gasteiger partial charge in [0.25, 0.3) is 0 Å². The van der Waals surface area contributed by atoms with E-state index >= 15 is 0 Å². The zero-order valence-electron chi connectivity index (χ0n) is 7.29. The summed E-state index contributed by atoms with van der Waals surface area (Å²) < 4.78 is 5.12. The predicted octanol–water partition coefficient (Wildman–Crippen LogP) is 2.53. The molecule has 12 heavy (non-hydrogen) atoms. The van der Waals surface area contributed by atoms with Crippen LogP contribution in [0.1, 0.15) is 11.1 Å². The molecule has 1 aromatic carbocycles. The van der Waals surface area contributed by atoms with Crippen LogP contribution in [0.25, 0.3) is 5.76 Å². The molecule has 0 bridgehead atoms. The van der Waals surface area contributed by atoms with E-state index in [2.05, 4.69) is 6.58 Å². The summed E-state index contributed by atoms with van der Waals surface area (Å²) >= 11 is 0. The normalized spacial score (nSPS) is 9.50. The van der Waals surface area contributed by atoms with Gasteiger partial charge in [-0.3, -0.25) is 0 Å². The maximum Gasteiger partial charge on any atom is 0.132 e. The van der Waals surface area contributed by atoms with Crippen molar-refractivity contribution in [1.29, 1.82) is 0 Å². The Labute approximate surface area is 72.1 Å². The fourth-order valence-corrected chi connectivity index (χ4v) is 1.15. The predicted molar refractivity (Wildman–Crippen MR) is 49.4 cm³/mol. The molecular weight excluding hydrogens is 152 g/mol. The minimum Gasteiger partial charge on any atom is -0.508 e. The number of methoxy groups -OCH3 is 1. The highest BCUT2D eigenvalue weighted by Gasteiger charge is 2.06. The standard InChI is InChI=1S/C10H12O2/c1-7-5-4-6-9(8(2)11)10(7)12-3/h4-6,11H,2H2,1,3H3. The molecule has 0 radical (unpaired) electrons. The second-order valence-corrected chi connectivity index (χ2v) is 2.60. The minimum absolute atomic E-state index is 0.0375. The van der Waals surface area contributed by atoms with Gasteiger partial charge in [-0.2, -0.15) is 0 Å². The number of aryl methyl sites for hydroxylation is 1. The van der Waals surface area contributed by atoms with Crippen molar-refractivity contribution in [3.63, 3.8) is 0 Å². The number of rotatable bonds is 2. The fraction of sp³-hybridized carbons (Fsp3) is 0.200. The molecule has 64 valence electrons. The summed E-state index contributed by atoms with van der Waals surface area (Å²) in [6, 6.07) is 5.55. The van der Waals surface area contributed by atoms with Crippen LogP contribution in [0.2, 0.25) is 0 Å². The van der Waals surface area contributed by atoms with Crippen molar-refractivity contribution in [2.75, 3.05) is 7.11 Å². The monoisotopic (exact) mass is 164 g/mol. The van der Waals surface area contributed by atoms with Gasteiger partial charge in [-0.05, 0) is 18.6 Å². The quantitative estimate of drug-likeness (QED) is 0.680. The van der Waals surface area contributed by atoms with Crippen molar-refractivity contribution in [2.45, 2.75) is 6.92 Å². The van der Waals surface area contributed by atoms with E-state index in [1.807, 2.05) is 19.1 Å². The summed E-state index contributed by atoms with van der Waals surface area (Å²) in [4.78, 5) is 0. The van der Waals surface area contributed by atoms with Crippen molar-refractivity contribution < 1.29 is 9.84 Å². The molecule has 1 aromatic rings. The molecule has 1 N–H and O–H groups in total. The van der Waals surface area contributed by atoms with Gasteiger partial charge in [0.05, 0.1) is 12.7 Å². The highest BCUT2D eigenvalue weighted by atomic mass is 16.5. The number of aliphatic hydroxyl groups is 1. The Morgan fingerprint density at radius 1 is 1.50 bits per heavy atom. The number of aliphatic hydroxyl groups excluding tert-OH is 1. The first kappa shape index (κ1) is 8.65. The Morgan fingerprint density at radius 2 is 2.17 bits per heavy atom. The Morgan fingerprint density at radius 3 is 2.58 bits per heavy atom. The van der Waals surface area contributed by atoms with Gasteiger partial charge in [0.15, 0.2) is 0 Å². The van der Waals surface area contributed by atoms with Gasteiger partial charge in [-0.1, -0.05) is 18.7 Å². The molecule has 2 nitrogen and oxygen atoms in total.